The maximum Gasteiger partial charge on any atom is 0.216 e. The minimum Gasteiger partial charge on any atom is -0.486 e. The molecule has 0 saturated carbocycles. The van der Waals surface area contributed by atoms with Gasteiger partial charge in [-0.2, -0.15) is 0 Å². The van der Waals surface area contributed by atoms with Gasteiger partial charge in [-0.1, -0.05) is 42.0 Å². The molecule has 7 nitrogen and oxygen atoms in total. The van der Waals surface area contributed by atoms with Crippen LogP contribution in [0.25, 0.3) is 11.3 Å². The van der Waals surface area contributed by atoms with E-state index in [1.54, 1.807) is 6.20 Å². The van der Waals surface area contributed by atoms with Gasteiger partial charge in [0, 0.05) is 12.1 Å². The number of aliphatic imine (C=N–C) groups is 1. The van der Waals surface area contributed by atoms with Crippen molar-refractivity contribution in [3.8, 4) is 22.8 Å². The monoisotopic (exact) mass is 534 g/mol. The maximum atomic E-state index is 5.98. The molecule has 1 atom stereocenters. The largest absolute Gasteiger partial charge is 0.486 e. The molecule has 4 rings (SSSR count). The molecule has 8 heteroatoms. The molecule has 2 aromatic carbocycles. The molecule has 3 aromatic rings. The van der Waals surface area contributed by atoms with Crippen LogP contribution in [0.3, 0.4) is 0 Å². The highest BCUT2D eigenvalue weighted by molar-refractivity contribution is 14.0. The van der Waals surface area contributed by atoms with Crippen LogP contribution in [0.2, 0.25) is 0 Å². The summed E-state index contributed by atoms with van der Waals surface area (Å²) in [6.45, 7) is 6.23. The fraction of sp³-hybridized carbons (Fsp3) is 0.304. The summed E-state index contributed by atoms with van der Waals surface area (Å²) in [6.07, 6.45) is 1.64. The molecule has 0 radical (unpaired) electrons. The van der Waals surface area contributed by atoms with Crippen LogP contribution in [-0.4, -0.2) is 36.7 Å². The zero-order chi connectivity index (χ0) is 20.8. The topological polar surface area (TPSA) is 80.9 Å². The summed E-state index contributed by atoms with van der Waals surface area (Å²) in [5.74, 6) is 3.53. The third-order valence-electron chi connectivity index (χ3n) is 4.67. The highest BCUT2D eigenvalue weighted by Gasteiger charge is 2.20. The highest BCUT2D eigenvalue weighted by Crippen LogP contribution is 2.30. The summed E-state index contributed by atoms with van der Waals surface area (Å²) >= 11 is 0. The average Bonchev–Trinajstić information content (AvgIpc) is 3.25. The number of benzene rings is 2. The first-order valence-corrected chi connectivity index (χ1v) is 10.1. The number of fused-ring (bicyclic) bond motifs is 1. The number of rotatable bonds is 6. The van der Waals surface area contributed by atoms with Crippen LogP contribution in [0.4, 0.5) is 0 Å². The number of nitrogens with zero attached hydrogens (tertiary/aromatic N) is 2. The van der Waals surface area contributed by atoms with Gasteiger partial charge in [-0.05, 0) is 26.0 Å². The van der Waals surface area contributed by atoms with Crippen molar-refractivity contribution in [2.75, 3.05) is 19.7 Å². The lowest BCUT2D eigenvalue weighted by Crippen LogP contribution is -2.45. The van der Waals surface area contributed by atoms with Crippen LogP contribution in [0.5, 0.6) is 11.5 Å². The van der Waals surface area contributed by atoms with Crippen LogP contribution >= 0.6 is 24.0 Å². The molecule has 1 aromatic heterocycles. The van der Waals surface area contributed by atoms with Gasteiger partial charge in [0.15, 0.2) is 23.2 Å². The van der Waals surface area contributed by atoms with Crippen molar-refractivity contribution < 1.29 is 13.9 Å². The number of nitrogens with one attached hydrogen (secondary N) is 2. The van der Waals surface area contributed by atoms with E-state index in [1.165, 1.54) is 5.56 Å². The Labute approximate surface area is 199 Å². The molecule has 0 fully saturated rings. The maximum absolute atomic E-state index is 5.98. The molecule has 1 aliphatic heterocycles. The Kier molecular flexibility index (Phi) is 8.16. The van der Waals surface area contributed by atoms with Crippen LogP contribution in [-0.2, 0) is 6.54 Å². The molecular weight excluding hydrogens is 507 g/mol. The summed E-state index contributed by atoms with van der Waals surface area (Å²) in [5, 5.41) is 6.53. The van der Waals surface area contributed by atoms with E-state index in [-0.39, 0.29) is 30.1 Å². The normalized spacial score (nSPS) is 15.2. The van der Waals surface area contributed by atoms with Gasteiger partial charge < -0.3 is 24.5 Å². The van der Waals surface area contributed by atoms with Gasteiger partial charge in [-0.15, -0.1) is 24.0 Å². The predicted octanol–water partition coefficient (Wildman–Crippen LogP) is 4.16. The Hall–Kier alpha value is -2.75. The van der Waals surface area contributed by atoms with Gasteiger partial charge in [0.25, 0.3) is 0 Å². The molecule has 1 aliphatic rings. The summed E-state index contributed by atoms with van der Waals surface area (Å²) < 4.78 is 17.6. The zero-order valence-corrected chi connectivity index (χ0v) is 20.0. The van der Waals surface area contributed by atoms with E-state index in [4.69, 9.17) is 13.9 Å². The summed E-state index contributed by atoms with van der Waals surface area (Å²) in [7, 11) is 0. The lowest BCUT2D eigenvalue weighted by molar-refractivity contribution is 0.0936. The SMILES string of the molecule is CCNC(=NCc1ncc(-c2ccc(C)cc2)o1)NCC1COc2ccccc2O1.I. The minimum absolute atomic E-state index is 0. The number of ether oxygens (including phenoxy) is 2. The summed E-state index contributed by atoms with van der Waals surface area (Å²) in [5.41, 5.74) is 2.21. The Morgan fingerprint density at radius 1 is 1.10 bits per heavy atom. The highest BCUT2D eigenvalue weighted by atomic mass is 127. The predicted molar refractivity (Wildman–Crippen MR) is 131 cm³/mol. The number of oxazole rings is 1. The molecule has 2 N–H and O–H groups in total. The van der Waals surface area contributed by atoms with E-state index in [1.807, 2.05) is 43.3 Å². The van der Waals surface area contributed by atoms with Crippen molar-refractivity contribution in [3.63, 3.8) is 0 Å². The van der Waals surface area contributed by atoms with Gasteiger partial charge in [-0.3, -0.25) is 0 Å². The molecule has 0 aliphatic carbocycles. The van der Waals surface area contributed by atoms with Gasteiger partial charge in [0.05, 0.1) is 12.7 Å². The first-order chi connectivity index (χ1) is 14.7. The molecule has 1 unspecified atom stereocenters. The Morgan fingerprint density at radius 2 is 1.87 bits per heavy atom. The molecular formula is C23H27IN4O3. The van der Waals surface area contributed by atoms with E-state index < -0.39 is 0 Å². The molecule has 0 saturated heterocycles. The quantitative estimate of drug-likeness (QED) is 0.281. The van der Waals surface area contributed by atoms with Crippen molar-refractivity contribution in [1.29, 1.82) is 0 Å². The van der Waals surface area contributed by atoms with Gasteiger partial charge in [-0.25, -0.2) is 9.98 Å². The Bertz CT molecular complexity index is 1000. The van der Waals surface area contributed by atoms with Crippen LogP contribution in [0.15, 0.2) is 64.1 Å². The summed E-state index contributed by atoms with van der Waals surface area (Å²) in [4.78, 5) is 8.92. The second-order valence-electron chi connectivity index (χ2n) is 7.06. The summed E-state index contributed by atoms with van der Waals surface area (Å²) in [6, 6.07) is 15.9. The first-order valence-electron chi connectivity index (χ1n) is 10.1. The van der Waals surface area contributed by atoms with Crippen molar-refractivity contribution in [3.05, 3.63) is 66.2 Å². The van der Waals surface area contributed by atoms with Crippen LogP contribution in [0, 0.1) is 6.92 Å². The average molecular weight is 534 g/mol. The van der Waals surface area contributed by atoms with Crippen LogP contribution < -0.4 is 20.1 Å². The second kappa shape index (κ2) is 11.0. The van der Waals surface area contributed by atoms with Gasteiger partial charge in [0.1, 0.15) is 19.3 Å². The number of aryl methyl sites for hydroxylation is 1. The molecule has 2 heterocycles. The fourth-order valence-corrected chi connectivity index (χ4v) is 3.10. The lowest BCUT2D eigenvalue weighted by Gasteiger charge is -2.27. The van der Waals surface area contributed by atoms with Crippen molar-refractivity contribution in [2.45, 2.75) is 26.5 Å². The standard InChI is InChI=1S/C23H26N4O3.HI/c1-3-24-23(26-12-18-15-28-19-6-4-5-7-20(19)29-18)27-14-22-25-13-21(30-22)17-10-8-16(2)9-11-17;/h4-11,13,18H,3,12,14-15H2,1-2H3,(H2,24,26,27);1H. The first kappa shape index (κ1) is 22.9. The van der Waals surface area contributed by atoms with Crippen molar-refractivity contribution in [1.82, 2.24) is 15.6 Å². The number of hydrogen-bond acceptors (Lipinski definition) is 5. The molecule has 0 bridgehead atoms. The minimum atomic E-state index is -0.0985. The van der Waals surface area contributed by atoms with Crippen LogP contribution in [0.1, 0.15) is 18.4 Å². The van der Waals surface area contributed by atoms with Gasteiger partial charge in [0.2, 0.25) is 5.89 Å². The third kappa shape index (κ3) is 6.13. The zero-order valence-electron chi connectivity index (χ0n) is 17.6. The number of aromatic nitrogens is 1. The molecule has 164 valence electrons. The number of guanidine groups is 1. The second-order valence-corrected chi connectivity index (χ2v) is 7.06. The number of para-hydroxylation sites is 2. The van der Waals surface area contributed by atoms with E-state index in [2.05, 4.69) is 39.7 Å². The lowest BCUT2D eigenvalue weighted by atomic mass is 10.1. The van der Waals surface area contributed by atoms with E-state index >= 15 is 0 Å². The van der Waals surface area contributed by atoms with Gasteiger partial charge >= 0.3 is 0 Å². The van der Waals surface area contributed by atoms with E-state index in [0.717, 1.165) is 29.4 Å². The number of hydrogen-bond donors (Lipinski definition) is 2. The van der Waals surface area contributed by atoms with E-state index in [9.17, 15) is 0 Å². The number of halogens is 1. The van der Waals surface area contributed by atoms with Crippen molar-refractivity contribution >= 4 is 29.9 Å². The molecule has 31 heavy (non-hydrogen) atoms. The van der Waals surface area contributed by atoms with E-state index in [0.29, 0.717) is 31.5 Å². The fourth-order valence-electron chi connectivity index (χ4n) is 3.10. The smallest absolute Gasteiger partial charge is 0.216 e. The Balaban J connectivity index is 0.00000272. The van der Waals surface area contributed by atoms with Crippen molar-refractivity contribution in [2.24, 2.45) is 4.99 Å². The third-order valence-corrected chi connectivity index (χ3v) is 4.67. The molecule has 0 spiro atoms. The Morgan fingerprint density at radius 3 is 2.65 bits per heavy atom. The molecule has 0 amide bonds.